The van der Waals surface area contributed by atoms with E-state index in [4.69, 9.17) is 21.1 Å². The number of rotatable bonds is 5. The van der Waals surface area contributed by atoms with Gasteiger partial charge in [-0.05, 0) is 42.8 Å². The van der Waals surface area contributed by atoms with E-state index in [1.165, 1.54) is 12.1 Å². The van der Waals surface area contributed by atoms with Crippen molar-refractivity contribution in [2.75, 3.05) is 18.1 Å². The van der Waals surface area contributed by atoms with Crippen LogP contribution in [0.1, 0.15) is 12.8 Å². The van der Waals surface area contributed by atoms with Crippen molar-refractivity contribution >= 4 is 29.2 Å². The Balaban J connectivity index is 1.54. The largest absolute Gasteiger partial charge is 0.482 e. The Bertz CT molecular complexity index is 794. The van der Waals surface area contributed by atoms with E-state index in [-0.39, 0.29) is 23.3 Å². The molecular weight excluding hydrogens is 349 g/mol. The maximum absolute atomic E-state index is 13.1. The number of hydrogen-bond donors (Lipinski definition) is 0. The summed E-state index contributed by atoms with van der Waals surface area (Å²) in [4.78, 5) is 25.2. The van der Waals surface area contributed by atoms with E-state index in [2.05, 4.69) is 0 Å². The van der Waals surface area contributed by atoms with Gasteiger partial charge in [-0.3, -0.25) is 4.79 Å². The number of anilines is 1. The molecule has 0 radical (unpaired) electrons. The van der Waals surface area contributed by atoms with Crippen LogP contribution in [0.3, 0.4) is 0 Å². The van der Waals surface area contributed by atoms with E-state index in [0.29, 0.717) is 18.7 Å². The number of esters is 1. The smallest absolute Gasteiger partial charge is 0.349 e. The van der Waals surface area contributed by atoms with Gasteiger partial charge < -0.3 is 14.4 Å². The third kappa shape index (κ3) is 4.28. The normalized spacial score (nSPS) is 13.8. The molecule has 1 fully saturated rings. The number of carbonyl (C=O) groups excluding carboxylic acids is 2. The molecule has 2 aromatic carbocycles. The number of ether oxygens (including phenoxy) is 2. The molecule has 1 heterocycles. The maximum atomic E-state index is 13.1. The zero-order valence-corrected chi connectivity index (χ0v) is 14.0. The highest BCUT2D eigenvalue weighted by Gasteiger charge is 2.21. The van der Waals surface area contributed by atoms with Crippen LogP contribution in [0.4, 0.5) is 10.1 Å². The zero-order valence-electron chi connectivity index (χ0n) is 13.2. The quantitative estimate of drug-likeness (QED) is 0.601. The summed E-state index contributed by atoms with van der Waals surface area (Å²) in [5.74, 6) is -0.456. The molecule has 0 aromatic heterocycles. The van der Waals surface area contributed by atoms with Gasteiger partial charge in [0.25, 0.3) is 0 Å². The molecule has 130 valence electrons. The van der Waals surface area contributed by atoms with Gasteiger partial charge in [0.15, 0.2) is 6.61 Å². The van der Waals surface area contributed by atoms with Gasteiger partial charge in [-0.15, -0.1) is 0 Å². The molecule has 0 unspecified atom stereocenters. The summed E-state index contributed by atoms with van der Waals surface area (Å²) in [6, 6.07) is 10.5. The second kappa shape index (κ2) is 7.53. The number of carbonyl (C=O) groups is 2. The monoisotopic (exact) mass is 363 g/mol. The van der Waals surface area contributed by atoms with Crippen molar-refractivity contribution in [2.24, 2.45) is 0 Å². The van der Waals surface area contributed by atoms with E-state index in [0.717, 1.165) is 18.2 Å². The van der Waals surface area contributed by atoms with Crippen LogP contribution in [-0.4, -0.2) is 25.0 Å². The molecule has 25 heavy (non-hydrogen) atoms. The van der Waals surface area contributed by atoms with Gasteiger partial charge in [-0.2, -0.15) is 0 Å². The second-order valence-electron chi connectivity index (χ2n) is 5.48. The van der Waals surface area contributed by atoms with Crippen LogP contribution < -0.4 is 14.4 Å². The van der Waals surface area contributed by atoms with E-state index in [1.54, 1.807) is 29.2 Å². The van der Waals surface area contributed by atoms with Crippen LogP contribution in [0.25, 0.3) is 0 Å². The summed E-state index contributed by atoms with van der Waals surface area (Å²) < 4.78 is 23.4. The molecule has 0 saturated carbocycles. The number of benzene rings is 2. The first-order valence-electron chi connectivity index (χ1n) is 7.72. The first-order valence-corrected chi connectivity index (χ1v) is 8.10. The molecule has 0 aliphatic carbocycles. The lowest BCUT2D eigenvalue weighted by Gasteiger charge is -2.15. The first-order chi connectivity index (χ1) is 12.0. The molecule has 1 aliphatic heterocycles. The van der Waals surface area contributed by atoms with Crippen molar-refractivity contribution in [3.05, 3.63) is 53.3 Å². The standard InChI is InChI=1S/C18H15ClFNO4/c19-15-10-14(7-8-16(15)20)24-11-18(23)25-13-5-3-12(4-6-13)21-9-1-2-17(21)22/h3-8,10H,1-2,9,11H2. The van der Waals surface area contributed by atoms with Gasteiger partial charge in [-0.25, -0.2) is 9.18 Å². The molecule has 0 spiro atoms. The maximum Gasteiger partial charge on any atom is 0.349 e. The minimum absolute atomic E-state index is 0.0853. The van der Waals surface area contributed by atoms with E-state index in [1.807, 2.05) is 0 Å². The number of hydrogen-bond acceptors (Lipinski definition) is 4. The van der Waals surface area contributed by atoms with Crippen LogP contribution >= 0.6 is 11.6 Å². The van der Waals surface area contributed by atoms with Gasteiger partial charge in [0, 0.05) is 24.7 Å². The molecular formula is C18H15ClFNO4. The number of amides is 1. The summed E-state index contributed by atoms with van der Waals surface area (Å²) in [6.07, 6.45) is 1.40. The Kier molecular flexibility index (Phi) is 5.19. The highest BCUT2D eigenvalue weighted by Crippen LogP contribution is 2.24. The highest BCUT2D eigenvalue weighted by molar-refractivity contribution is 6.30. The predicted octanol–water partition coefficient (Wildman–Crippen LogP) is 3.59. The van der Waals surface area contributed by atoms with Crippen molar-refractivity contribution in [1.82, 2.24) is 0 Å². The lowest BCUT2D eigenvalue weighted by molar-refractivity contribution is -0.136. The van der Waals surface area contributed by atoms with E-state index < -0.39 is 11.8 Å². The van der Waals surface area contributed by atoms with Crippen LogP contribution in [0.15, 0.2) is 42.5 Å². The fourth-order valence-electron chi connectivity index (χ4n) is 2.49. The first kappa shape index (κ1) is 17.2. The van der Waals surface area contributed by atoms with E-state index >= 15 is 0 Å². The van der Waals surface area contributed by atoms with Crippen molar-refractivity contribution in [3.63, 3.8) is 0 Å². The molecule has 2 aromatic rings. The van der Waals surface area contributed by atoms with Crippen molar-refractivity contribution in [2.45, 2.75) is 12.8 Å². The average Bonchev–Trinajstić information content (AvgIpc) is 3.03. The molecule has 5 nitrogen and oxygen atoms in total. The van der Waals surface area contributed by atoms with Crippen molar-refractivity contribution in [3.8, 4) is 11.5 Å². The molecule has 0 atom stereocenters. The van der Waals surface area contributed by atoms with Crippen LogP contribution in [0.5, 0.6) is 11.5 Å². The topological polar surface area (TPSA) is 55.8 Å². The Hall–Kier alpha value is -2.60. The van der Waals surface area contributed by atoms with Crippen molar-refractivity contribution in [1.29, 1.82) is 0 Å². The van der Waals surface area contributed by atoms with Gasteiger partial charge >= 0.3 is 5.97 Å². The molecule has 7 heteroatoms. The fraction of sp³-hybridized carbons (Fsp3) is 0.222. The summed E-state index contributed by atoms with van der Waals surface area (Å²) >= 11 is 5.64. The zero-order chi connectivity index (χ0) is 17.8. The second-order valence-corrected chi connectivity index (χ2v) is 5.89. The fourth-order valence-corrected chi connectivity index (χ4v) is 2.66. The lowest BCUT2D eigenvalue weighted by Crippen LogP contribution is -2.23. The molecule has 1 saturated heterocycles. The van der Waals surface area contributed by atoms with Gasteiger partial charge in [0.1, 0.15) is 17.3 Å². The summed E-state index contributed by atoms with van der Waals surface area (Å²) in [5.41, 5.74) is 0.777. The lowest BCUT2D eigenvalue weighted by atomic mass is 10.3. The average molecular weight is 364 g/mol. The minimum atomic E-state index is -0.606. The minimum Gasteiger partial charge on any atom is -0.482 e. The number of nitrogens with zero attached hydrogens (tertiary/aromatic N) is 1. The number of halogens is 2. The predicted molar refractivity (Wildman–Crippen MR) is 90.6 cm³/mol. The van der Waals surface area contributed by atoms with E-state index in [9.17, 15) is 14.0 Å². The third-order valence-corrected chi connectivity index (χ3v) is 3.99. The third-order valence-electron chi connectivity index (χ3n) is 3.70. The Morgan fingerprint density at radius 3 is 2.52 bits per heavy atom. The van der Waals surface area contributed by atoms with Gasteiger partial charge in [0.05, 0.1) is 5.02 Å². The van der Waals surface area contributed by atoms with Crippen LogP contribution in [-0.2, 0) is 9.59 Å². The van der Waals surface area contributed by atoms with Crippen LogP contribution in [0, 0.1) is 5.82 Å². The molecule has 1 aliphatic rings. The van der Waals surface area contributed by atoms with Gasteiger partial charge in [-0.1, -0.05) is 11.6 Å². The molecule has 1 amide bonds. The molecule has 0 bridgehead atoms. The van der Waals surface area contributed by atoms with Crippen molar-refractivity contribution < 1.29 is 23.5 Å². The Labute approximate surface area is 148 Å². The summed E-state index contributed by atoms with van der Waals surface area (Å²) in [5, 5.41) is -0.0853. The Morgan fingerprint density at radius 2 is 1.88 bits per heavy atom. The highest BCUT2D eigenvalue weighted by atomic mass is 35.5. The van der Waals surface area contributed by atoms with Crippen LogP contribution in [0.2, 0.25) is 5.02 Å². The summed E-state index contributed by atoms with van der Waals surface area (Å²) in [7, 11) is 0. The molecule has 3 rings (SSSR count). The summed E-state index contributed by atoms with van der Waals surface area (Å²) in [6.45, 7) is 0.361. The van der Waals surface area contributed by atoms with Gasteiger partial charge in [0.2, 0.25) is 5.91 Å². The molecule has 0 N–H and O–H groups in total. The Morgan fingerprint density at radius 1 is 1.16 bits per heavy atom. The SMILES string of the molecule is O=C(COc1ccc(F)c(Cl)c1)Oc1ccc(N2CCCC2=O)cc1.